The summed E-state index contributed by atoms with van der Waals surface area (Å²) in [5, 5.41) is 15.4. The molecule has 0 unspecified atom stereocenters. The molecular formula is C21H49N3O4. The Morgan fingerprint density at radius 2 is 0.607 bits per heavy atom. The van der Waals surface area contributed by atoms with Crippen LogP contribution in [0.25, 0.3) is 0 Å². The molecular weight excluding hydrogens is 358 g/mol. The highest BCUT2D eigenvalue weighted by molar-refractivity contribution is 5.88. The molecule has 0 saturated carbocycles. The van der Waals surface area contributed by atoms with Gasteiger partial charge in [0.15, 0.2) is 0 Å². The molecule has 0 aromatic heterocycles. The monoisotopic (exact) mass is 407 g/mol. The predicted molar refractivity (Wildman–Crippen MR) is 120 cm³/mol. The molecule has 172 valence electrons. The SMILES string of the molecule is CCN(CC)CC.CCN(CC)CC.CCN(CC)CC.O=C(O)CC(=O)O. The predicted octanol–water partition coefficient (Wildman–Crippen LogP) is 3.59. The van der Waals surface area contributed by atoms with E-state index in [1.165, 1.54) is 58.9 Å². The van der Waals surface area contributed by atoms with E-state index in [0.29, 0.717) is 0 Å². The quantitative estimate of drug-likeness (QED) is 0.506. The lowest BCUT2D eigenvalue weighted by Crippen LogP contribution is -2.21. The van der Waals surface area contributed by atoms with Gasteiger partial charge in [-0.25, -0.2) is 0 Å². The van der Waals surface area contributed by atoms with Crippen LogP contribution in [-0.4, -0.2) is 95.8 Å². The third-order valence-electron chi connectivity index (χ3n) is 4.33. The number of nitrogens with zero attached hydrogens (tertiary/aromatic N) is 3. The number of hydrogen-bond donors (Lipinski definition) is 2. The number of aliphatic carboxylic acids is 2. The molecule has 0 fully saturated rings. The lowest BCUT2D eigenvalue weighted by atomic mass is 10.5. The van der Waals surface area contributed by atoms with E-state index in [2.05, 4.69) is 77.0 Å². The minimum absolute atomic E-state index is 0.806. The van der Waals surface area contributed by atoms with E-state index in [1.807, 2.05) is 0 Å². The topological polar surface area (TPSA) is 84.3 Å². The van der Waals surface area contributed by atoms with Gasteiger partial charge in [0.25, 0.3) is 0 Å². The summed E-state index contributed by atoms with van der Waals surface area (Å²) in [5.74, 6) is -2.62. The van der Waals surface area contributed by atoms with E-state index in [4.69, 9.17) is 10.2 Å². The van der Waals surface area contributed by atoms with Crippen LogP contribution in [0.5, 0.6) is 0 Å². The van der Waals surface area contributed by atoms with Crippen LogP contribution >= 0.6 is 0 Å². The van der Waals surface area contributed by atoms with Crippen LogP contribution in [0.15, 0.2) is 0 Å². The van der Waals surface area contributed by atoms with Gasteiger partial charge in [0, 0.05) is 0 Å². The number of carboxylic acids is 2. The Balaban J connectivity index is -0.000000137. The molecule has 0 saturated heterocycles. The van der Waals surface area contributed by atoms with Crippen molar-refractivity contribution in [1.29, 1.82) is 0 Å². The van der Waals surface area contributed by atoms with Crippen molar-refractivity contribution in [3.8, 4) is 0 Å². The average Bonchev–Trinajstić information content (AvgIpc) is 2.66. The minimum Gasteiger partial charge on any atom is -0.481 e. The van der Waals surface area contributed by atoms with Crippen molar-refractivity contribution in [2.75, 3.05) is 58.9 Å². The standard InChI is InChI=1S/3C6H15N.C3H4O4/c3*1-4-7(5-2)6-3;4-2(5)1-3(6)7/h3*4-6H2,1-3H3;1H2,(H,4,5)(H,6,7). The molecule has 0 aliphatic rings. The summed E-state index contributed by atoms with van der Waals surface area (Å²) < 4.78 is 0. The maximum atomic E-state index is 9.43. The maximum absolute atomic E-state index is 9.43. The lowest BCUT2D eigenvalue weighted by molar-refractivity contribution is -0.147. The fourth-order valence-corrected chi connectivity index (χ4v) is 2.14. The summed E-state index contributed by atoms with van der Waals surface area (Å²) in [6, 6.07) is 0. The van der Waals surface area contributed by atoms with Crippen molar-refractivity contribution in [2.45, 2.75) is 68.7 Å². The van der Waals surface area contributed by atoms with Gasteiger partial charge in [-0.1, -0.05) is 62.3 Å². The Morgan fingerprint density at radius 1 is 0.464 bits per heavy atom. The summed E-state index contributed by atoms with van der Waals surface area (Å²) >= 11 is 0. The Labute approximate surface area is 174 Å². The molecule has 0 aliphatic heterocycles. The second-order valence-corrected chi connectivity index (χ2v) is 5.82. The summed E-state index contributed by atoms with van der Waals surface area (Å²) in [6.07, 6.45) is -0.806. The first-order chi connectivity index (χ1) is 13.2. The van der Waals surface area contributed by atoms with Crippen molar-refractivity contribution in [3.05, 3.63) is 0 Å². The number of rotatable bonds is 11. The Bertz CT molecular complexity index is 260. The van der Waals surface area contributed by atoms with Gasteiger partial charge in [-0.05, 0) is 58.9 Å². The van der Waals surface area contributed by atoms with Crippen LogP contribution < -0.4 is 0 Å². The summed E-state index contributed by atoms with van der Waals surface area (Å²) in [5.41, 5.74) is 0. The van der Waals surface area contributed by atoms with Gasteiger partial charge in [0.2, 0.25) is 0 Å². The molecule has 0 bridgehead atoms. The Hall–Kier alpha value is -1.18. The van der Waals surface area contributed by atoms with Crippen LogP contribution in [0.1, 0.15) is 68.7 Å². The largest absolute Gasteiger partial charge is 0.481 e. The minimum atomic E-state index is -1.31. The molecule has 0 spiro atoms. The zero-order valence-electron chi connectivity index (χ0n) is 20.1. The van der Waals surface area contributed by atoms with Gasteiger partial charge in [0.05, 0.1) is 0 Å². The second-order valence-electron chi connectivity index (χ2n) is 5.82. The van der Waals surface area contributed by atoms with E-state index in [0.717, 1.165) is 0 Å². The van der Waals surface area contributed by atoms with Crippen LogP contribution in [-0.2, 0) is 9.59 Å². The molecule has 7 nitrogen and oxygen atoms in total. The van der Waals surface area contributed by atoms with Gasteiger partial charge in [-0.15, -0.1) is 0 Å². The molecule has 0 aromatic rings. The first-order valence-electron chi connectivity index (χ1n) is 10.8. The van der Waals surface area contributed by atoms with Crippen LogP contribution in [0.2, 0.25) is 0 Å². The van der Waals surface area contributed by atoms with Crippen molar-refractivity contribution in [3.63, 3.8) is 0 Å². The number of carboxylic acid groups (broad SMARTS) is 2. The zero-order chi connectivity index (χ0) is 23.0. The van der Waals surface area contributed by atoms with Gasteiger partial charge in [-0.3, -0.25) is 9.59 Å². The lowest BCUT2D eigenvalue weighted by Gasteiger charge is -2.13. The summed E-state index contributed by atoms with van der Waals surface area (Å²) in [6.45, 7) is 30.4. The molecule has 0 radical (unpaired) electrons. The van der Waals surface area contributed by atoms with E-state index < -0.39 is 18.4 Å². The third kappa shape index (κ3) is 32.5. The highest BCUT2D eigenvalue weighted by Crippen LogP contribution is 1.83. The molecule has 0 heterocycles. The average molecular weight is 408 g/mol. The smallest absolute Gasteiger partial charge is 0.314 e. The Kier molecular flexibility index (Phi) is 34.4. The summed E-state index contributed by atoms with van der Waals surface area (Å²) in [4.78, 5) is 26.0. The zero-order valence-corrected chi connectivity index (χ0v) is 20.1. The fraction of sp³-hybridized carbons (Fsp3) is 0.905. The molecule has 0 rings (SSSR count). The Morgan fingerprint density at radius 3 is 0.607 bits per heavy atom. The van der Waals surface area contributed by atoms with Crippen molar-refractivity contribution in [1.82, 2.24) is 14.7 Å². The number of carbonyl (C=O) groups is 2. The van der Waals surface area contributed by atoms with Crippen molar-refractivity contribution < 1.29 is 19.8 Å². The molecule has 7 heteroatoms. The third-order valence-corrected chi connectivity index (χ3v) is 4.33. The highest BCUT2D eigenvalue weighted by atomic mass is 16.4. The van der Waals surface area contributed by atoms with Crippen LogP contribution in [0.4, 0.5) is 0 Å². The molecule has 2 N–H and O–H groups in total. The van der Waals surface area contributed by atoms with Crippen LogP contribution in [0, 0.1) is 0 Å². The van der Waals surface area contributed by atoms with E-state index in [9.17, 15) is 9.59 Å². The number of hydrogen-bond acceptors (Lipinski definition) is 5. The molecule has 0 aromatic carbocycles. The normalized spacial score (nSPS) is 9.71. The first kappa shape index (κ1) is 34.3. The van der Waals surface area contributed by atoms with Crippen LogP contribution in [0.3, 0.4) is 0 Å². The maximum Gasteiger partial charge on any atom is 0.314 e. The van der Waals surface area contributed by atoms with E-state index in [1.54, 1.807) is 0 Å². The van der Waals surface area contributed by atoms with Gasteiger partial charge in [-0.2, -0.15) is 0 Å². The van der Waals surface area contributed by atoms with Gasteiger partial charge >= 0.3 is 11.9 Å². The van der Waals surface area contributed by atoms with E-state index >= 15 is 0 Å². The van der Waals surface area contributed by atoms with E-state index in [-0.39, 0.29) is 0 Å². The van der Waals surface area contributed by atoms with Gasteiger partial charge < -0.3 is 24.9 Å². The molecule has 28 heavy (non-hydrogen) atoms. The second kappa shape index (κ2) is 28.0. The first-order valence-corrected chi connectivity index (χ1v) is 10.8. The molecule has 0 amide bonds. The fourth-order valence-electron chi connectivity index (χ4n) is 2.14. The summed E-state index contributed by atoms with van der Waals surface area (Å²) in [7, 11) is 0. The van der Waals surface area contributed by atoms with Gasteiger partial charge in [0.1, 0.15) is 6.42 Å². The van der Waals surface area contributed by atoms with Crippen molar-refractivity contribution in [2.24, 2.45) is 0 Å². The molecule has 0 atom stereocenters. The highest BCUT2D eigenvalue weighted by Gasteiger charge is 2.01. The molecule has 0 aliphatic carbocycles. The van der Waals surface area contributed by atoms with Crippen molar-refractivity contribution >= 4 is 11.9 Å².